The first-order valence-electron chi connectivity index (χ1n) is 4.44. The quantitative estimate of drug-likeness (QED) is 0.817. The molecule has 2 heterocycles. The molecule has 0 amide bonds. The van der Waals surface area contributed by atoms with Crippen molar-refractivity contribution < 1.29 is 0 Å². The number of H-pyrrole nitrogens is 1. The molecule has 0 saturated heterocycles. The lowest BCUT2D eigenvalue weighted by Crippen LogP contribution is -2.14. The number of hydrogen-bond donors (Lipinski definition) is 2. The third-order valence-corrected chi connectivity index (χ3v) is 2.70. The van der Waals surface area contributed by atoms with Gasteiger partial charge in [0.25, 0.3) is 5.56 Å². The molecule has 0 aliphatic carbocycles. The molecule has 2 aromatic rings. The minimum absolute atomic E-state index is 0.217. The number of aromatic amines is 1. The second kappa shape index (κ2) is 4.22. The average molecular weight is 222 g/mol. The lowest BCUT2D eigenvalue weighted by molar-refractivity contribution is 1.04. The third kappa shape index (κ3) is 2.41. The third-order valence-electron chi connectivity index (χ3n) is 1.78. The number of hydrogen-bond acceptors (Lipinski definition) is 5. The van der Waals surface area contributed by atoms with Crippen molar-refractivity contribution in [2.75, 3.05) is 5.32 Å². The highest BCUT2D eigenvalue weighted by atomic mass is 32.1. The molecule has 0 bridgehead atoms. The fraction of sp³-hybridized carbons (Fsp3) is 0.222. The van der Waals surface area contributed by atoms with Gasteiger partial charge in [-0.3, -0.25) is 4.79 Å². The van der Waals surface area contributed by atoms with Gasteiger partial charge in [0, 0.05) is 23.5 Å². The Labute approximate surface area is 90.2 Å². The van der Waals surface area contributed by atoms with Crippen molar-refractivity contribution in [1.29, 1.82) is 0 Å². The Bertz CT molecular complexity index is 505. The summed E-state index contributed by atoms with van der Waals surface area (Å²) in [5.74, 6) is 0.324. The summed E-state index contributed by atoms with van der Waals surface area (Å²) in [7, 11) is 0. The molecule has 0 aromatic carbocycles. The van der Waals surface area contributed by atoms with Crippen LogP contribution in [0.1, 0.15) is 9.88 Å². The minimum Gasteiger partial charge on any atom is -0.359 e. The molecule has 5 nitrogen and oxygen atoms in total. The standard InChI is InChI=1S/C9H10N4OS/c1-6-4-12-7(15-6)5-13-8-9(14)11-3-2-10-8/h2-4H,5H2,1H3,(H,10,13)(H,11,14). The zero-order chi connectivity index (χ0) is 10.7. The molecule has 0 unspecified atom stereocenters. The number of thiazole rings is 1. The molecule has 0 atom stereocenters. The van der Waals surface area contributed by atoms with Gasteiger partial charge in [-0.15, -0.1) is 11.3 Å². The highest BCUT2D eigenvalue weighted by molar-refractivity contribution is 7.11. The van der Waals surface area contributed by atoms with Crippen LogP contribution in [0.25, 0.3) is 0 Å². The Balaban J connectivity index is 2.05. The van der Waals surface area contributed by atoms with Gasteiger partial charge in [0.1, 0.15) is 5.01 Å². The maximum absolute atomic E-state index is 11.2. The Morgan fingerprint density at radius 3 is 3.07 bits per heavy atom. The van der Waals surface area contributed by atoms with E-state index in [2.05, 4.69) is 20.3 Å². The topological polar surface area (TPSA) is 70.7 Å². The van der Waals surface area contributed by atoms with E-state index in [1.807, 2.05) is 13.1 Å². The van der Waals surface area contributed by atoms with Gasteiger partial charge >= 0.3 is 0 Å². The smallest absolute Gasteiger partial charge is 0.290 e. The molecule has 0 aliphatic rings. The Hall–Kier alpha value is -1.69. The van der Waals surface area contributed by atoms with Gasteiger partial charge in [-0.1, -0.05) is 0 Å². The summed E-state index contributed by atoms with van der Waals surface area (Å²) in [4.78, 5) is 23.0. The normalized spacial score (nSPS) is 10.2. The molecule has 78 valence electrons. The molecular formula is C9H10N4OS. The van der Waals surface area contributed by atoms with Gasteiger partial charge < -0.3 is 10.3 Å². The largest absolute Gasteiger partial charge is 0.359 e. The van der Waals surface area contributed by atoms with Crippen LogP contribution in [0.2, 0.25) is 0 Å². The van der Waals surface area contributed by atoms with Gasteiger partial charge in [-0.05, 0) is 6.92 Å². The van der Waals surface area contributed by atoms with Crippen LogP contribution in [0, 0.1) is 6.92 Å². The van der Waals surface area contributed by atoms with Gasteiger partial charge in [-0.25, -0.2) is 9.97 Å². The monoisotopic (exact) mass is 222 g/mol. The van der Waals surface area contributed by atoms with Crippen LogP contribution in [0.5, 0.6) is 0 Å². The average Bonchev–Trinajstić information content (AvgIpc) is 2.63. The molecular weight excluding hydrogens is 212 g/mol. The van der Waals surface area contributed by atoms with E-state index >= 15 is 0 Å². The summed E-state index contributed by atoms with van der Waals surface area (Å²) in [6.45, 7) is 2.52. The van der Waals surface area contributed by atoms with E-state index in [0.717, 1.165) is 9.88 Å². The minimum atomic E-state index is -0.217. The predicted octanol–water partition coefficient (Wildman–Crippen LogP) is 1.15. The molecule has 15 heavy (non-hydrogen) atoms. The molecule has 0 aliphatic heterocycles. The molecule has 2 aromatic heterocycles. The number of nitrogens with one attached hydrogen (secondary N) is 2. The number of anilines is 1. The van der Waals surface area contributed by atoms with Crippen LogP contribution < -0.4 is 10.9 Å². The summed E-state index contributed by atoms with van der Waals surface area (Å²) in [5, 5.41) is 3.88. The summed E-state index contributed by atoms with van der Waals surface area (Å²) in [6, 6.07) is 0. The lowest BCUT2D eigenvalue weighted by atomic mass is 10.6. The Kier molecular flexibility index (Phi) is 2.77. The summed E-state index contributed by atoms with van der Waals surface area (Å²) in [6.07, 6.45) is 4.85. The van der Waals surface area contributed by atoms with Gasteiger partial charge in [0.2, 0.25) is 0 Å². The van der Waals surface area contributed by atoms with Crippen LogP contribution >= 0.6 is 11.3 Å². The van der Waals surface area contributed by atoms with Gasteiger partial charge in [-0.2, -0.15) is 0 Å². The highest BCUT2D eigenvalue weighted by Crippen LogP contribution is 2.11. The summed E-state index contributed by atoms with van der Waals surface area (Å²) >= 11 is 1.60. The van der Waals surface area contributed by atoms with Crippen molar-refractivity contribution in [2.24, 2.45) is 0 Å². The highest BCUT2D eigenvalue weighted by Gasteiger charge is 2.01. The van der Waals surface area contributed by atoms with E-state index in [1.54, 1.807) is 11.3 Å². The molecule has 0 saturated carbocycles. The van der Waals surface area contributed by atoms with Crippen LogP contribution in [-0.4, -0.2) is 15.0 Å². The number of nitrogens with zero attached hydrogens (tertiary/aromatic N) is 2. The van der Waals surface area contributed by atoms with Crippen LogP contribution in [0.4, 0.5) is 5.82 Å². The zero-order valence-corrected chi connectivity index (χ0v) is 8.97. The Morgan fingerprint density at radius 2 is 2.40 bits per heavy atom. The molecule has 0 spiro atoms. The second-order valence-corrected chi connectivity index (χ2v) is 4.30. The summed E-state index contributed by atoms with van der Waals surface area (Å²) < 4.78 is 0. The van der Waals surface area contributed by atoms with Crippen LogP contribution in [-0.2, 0) is 6.54 Å². The van der Waals surface area contributed by atoms with Crippen molar-refractivity contribution in [2.45, 2.75) is 13.5 Å². The van der Waals surface area contributed by atoms with E-state index in [4.69, 9.17) is 0 Å². The first kappa shape index (κ1) is 9.85. The lowest BCUT2D eigenvalue weighted by Gasteiger charge is -2.00. The number of aromatic nitrogens is 3. The first-order chi connectivity index (χ1) is 7.25. The zero-order valence-electron chi connectivity index (χ0n) is 8.15. The molecule has 2 N–H and O–H groups in total. The second-order valence-electron chi connectivity index (χ2n) is 2.99. The van der Waals surface area contributed by atoms with Gasteiger partial charge in [0.15, 0.2) is 5.82 Å². The SMILES string of the molecule is Cc1cnc(CNc2ncc[nH]c2=O)s1. The van der Waals surface area contributed by atoms with E-state index in [1.165, 1.54) is 12.4 Å². The van der Waals surface area contributed by atoms with Crippen LogP contribution in [0.3, 0.4) is 0 Å². The van der Waals surface area contributed by atoms with E-state index in [-0.39, 0.29) is 5.56 Å². The van der Waals surface area contributed by atoms with Crippen molar-refractivity contribution in [3.8, 4) is 0 Å². The molecule has 0 fully saturated rings. The maximum atomic E-state index is 11.2. The maximum Gasteiger partial charge on any atom is 0.290 e. The fourth-order valence-corrected chi connectivity index (χ4v) is 1.85. The molecule has 0 radical (unpaired) electrons. The molecule has 6 heteroatoms. The molecule has 2 rings (SSSR count). The fourth-order valence-electron chi connectivity index (χ4n) is 1.12. The number of rotatable bonds is 3. The van der Waals surface area contributed by atoms with Crippen molar-refractivity contribution >= 4 is 17.2 Å². The summed E-state index contributed by atoms with van der Waals surface area (Å²) in [5.41, 5.74) is -0.217. The van der Waals surface area contributed by atoms with Crippen molar-refractivity contribution in [3.63, 3.8) is 0 Å². The van der Waals surface area contributed by atoms with Crippen molar-refractivity contribution in [1.82, 2.24) is 15.0 Å². The van der Waals surface area contributed by atoms with E-state index in [9.17, 15) is 4.79 Å². The van der Waals surface area contributed by atoms with Crippen molar-refractivity contribution in [3.05, 3.63) is 38.8 Å². The first-order valence-corrected chi connectivity index (χ1v) is 5.26. The van der Waals surface area contributed by atoms with Gasteiger partial charge in [0.05, 0.1) is 6.54 Å². The predicted molar refractivity (Wildman–Crippen MR) is 59.0 cm³/mol. The van der Waals surface area contributed by atoms with E-state index in [0.29, 0.717) is 12.4 Å². The van der Waals surface area contributed by atoms with E-state index < -0.39 is 0 Å². The number of aryl methyl sites for hydroxylation is 1. The Morgan fingerprint density at radius 1 is 1.53 bits per heavy atom. The van der Waals surface area contributed by atoms with Crippen LogP contribution in [0.15, 0.2) is 23.4 Å².